The van der Waals surface area contributed by atoms with Gasteiger partial charge in [0.25, 0.3) is 0 Å². The zero-order valence-corrected chi connectivity index (χ0v) is 48.9. The van der Waals surface area contributed by atoms with Crippen molar-refractivity contribution in [3.63, 3.8) is 0 Å². The van der Waals surface area contributed by atoms with Crippen molar-refractivity contribution in [1.29, 1.82) is 0 Å². The van der Waals surface area contributed by atoms with Crippen LogP contribution in [0.3, 0.4) is 0 Å². The number of hydrogen-bond acceptors (Lipinski definition) is 2. The van der Waals surface area contributed by atoms with E-state index in [1.54, 1.807) is 24.3 Å². The summed E-state index contributed by atoms with van der Waals surface area (Å²) in [5.74, 6) is -0.603. The van der Waals surface area contributed by atoms with Gasteiger partial charge in [-0.1, -0.05) is 212 Å². The molecule has 2 unspecified atom stereocenters. The molecule has 14 rings (SSSR count). The van der Waals surface area contributed by atoms with E-state index in [9.17, 15) is 0 Å². The van der Waals surface area contributed by atoms with Crippen LogP contribution in [-0.4, -0.2) is 0 Å². The summed E-state index contributed by atoms with van der Waals surface area (Å²) in [5.41, 5.74) is 27.5. The minimum Gasteiger partial charge on any atom is -0.314 e. The molecule has 0 aliphatic heterocycles. The molecule has 0 fully saturated rings. The summed E-state index contributed by atoms with van der Waals surface area (Å²) in [7, 11) is 0. The third-order valence-electron chi connectivity index (χ3n) is 18.4. The molecule has 0 N–H and O–H groups in total. The molecule has 0 saturated heterocycles. The van der Waals surface area contributed by atoms with Crippen LogP contribution in [-0.2, 0) is 10.8 Å². The molecule has 416 valence electrons. The number of benzene rings is 11. The zero-order valence-electron chi connectivity index (χ0n) is 48.9. The minimum absolute atomic E-state index is 0.294. The van der Waals surface area contributed by atoms with E-state index < -0.39 is 10.8 Å². The van der Waals surface area contributed by atoms with E-state index in [1.807, 2.05) is 24.3 Å². The van der Waals surface area contributed by atoms with Crippen LogP contribution in [0.5, 0.6) is 0 Å². The molecule has 11 aromatic carbocycles. The second kappa shape index (κ2) is 21.5. The highest BCUT2D eigenvalue weighted by Crippen LogP contribution is 2.60. The van der Waals surface area contributed by atoms with Crippen LogP contribution in [0.2, 0.25) is 0 Å². The first-order valence-corrected chi connectivity index (χ1v) is 29.7. The van der Waals surface area contributed by atoms with Crippen molar-refractivity contribution < 1.29 is 8.78 Å². The fraction of sp³-hybridized carbons (Fsp3) is 0.0976. The van der Waals surface area contributed by atoms with Gasteiger partial charge in [0.05, 0.1) is 10.8 Å². The quantitative estimate of drug-likeness (QED) is 0.114. The number of hydrogen-bond donors (Lipinski definition) is 0. The maximum absolute atomic E-state index is 15.6. The lowest BCUT2D eigenvalue weighted by molar-refractivity contribution is 0.627. The summed E-state index contributed by atoms with van der Waals surface area (Å²) >= 11 is 0. The summed E-state index contributed by atoms with van der Waals surface area (Å²) in [5, 5.41) is 0. The molecule has 0 amide bonds. The molecule has 3 aliphatic carbocycles. The molecule has 0 radical (unpaired) electrons. The number of allylic oxidation sites excluding steroid dienone is 4. The smallest absolute Gasteiger partial charge is 0.125 e. The number of aryl methyl sites for hydroxylation is 4. The largest absolute Gasteiger partial charge is 0.314 e. The van der Waals surface area contributed by atoms with Crippen molar-refractivity contribution in [3.8, 4) is 22.3 Å². The molecule has 0 bridgehead atoms. The zero-order chi connectivity index (χ0) is 58.8. The summed E-state index contributed by atoms with van der Waals surface area (Å²) in [6, 6.07) is 85.0. The van der Waals surface area contributed by atoms with E-state index in [1.165, 1.54) is 101 Å². The Hall–Kier alpha value is -10.2. The first-order valence-electron chi connectivity index (χ1n) is 29.7. The van der Waals surface area contributed by atoms with Crippen molar-refractivity contribution in [1.82, 2.24) is 0 Å². The minimum atomic E-state index is -0.658. The molecule has 0 saturated carbocycles. The summed E-state index contributed by atoms with van der Waals surface area (Å²) in [4.78, 5) is 4.42. The van der Waals surface area contributed by atoms with Crippen LogP contribution >= 0.6 is 0 Å². The van der Waals surface area contributed by atoms with Gasteiger partial charge in [-0.2, -0.15) is 0 Å². The average molecular weight is 1120 g/mol. The molecular formula is C82H64F2N2. The molecule has 4 heteroatoms. The van der Waals surface area contributed by atoms with Crippen molar-refractivity contribution in [2.45, 2.75) is 51.4 Å². The average Bonchev–Trinajstić information content (AvgIpc) is 1.54. The second-order valence-corrected chi connectivity index (χ2v) is 23.4. The van der Waals surface area contributed by atoms with E-state index in [0.29, 0.717) is 6.42 Å². The summed E-state index contributed by atoms with van der Waals surface area (Å²) in [6.07, 6.45) is 9.68. The van der Waals surface area contributed by atoms with E-state index >= 15 is 8.78 Å². The van der Waals surface area contributed by atoms with Gasteiger partial charge in [-0.25, -0.2) is 8.78 Å². The van der Waals surface area contributed by atoms with Crippen molar-refractivity contribution in [2.75, 3.05) is 9.80 Å². The Morgan fingerprint density at radius 1 is 0.360 bits per heavy atom. The lowest BCUT2D eigenvalue weighted by Gasteiger charge is -2.36. The normalized spacial score (nSPS) is 16.3. The Kier molecular flexibility index (Phi) is 13.4. The van der Waals surface area contributed by atoms with Crippen LogP contribution < -0.4 is 9.80 Å². The topological polar surface area (TPSA) is 6.48 Å². The molecule has 2 nitrogen and oxygen atoms in total. The SMILES string of the molecule is C=Cc1ccc(C2(c3cc(C)ccc3C)c3ccccc3-c3ccc(N(C4=CC=C(c5ccc(N(c6cccc(F)c6)c6ccc7c(c6)C(c6ccc(C=C)cc6)(c6cc(C)ccc6C)c6ccccc6-7)cc5)CC4)c4cccc(F)c4)cc32)cc1. The first-order chi connectivity index (χ1) is 42.0. The van der Waals surface area contributed by atoms with Crippen LogP contribution in [0.4, 0.5) is 37.2 Å². The van der Waals surface area contributed by atoms with Crippen LogP contribution in [0.15, 0.2) is 274 Å². The molecule has 0 spiro atoms. The van der Waals surface area contributed by atoms with Crippen LogP contribution in [0, 0.1) is 39.3 Å². The fourth-order valence-electron chi connectivity index (χ4n) is 14.4. The van der Waals surface area contributed by atoms with Gasteiger partial charge in [-0.05, 0) is 220 Å². The van der Waals surface area contributed by atoms with Gasteiger partial charge in [0.15, 0.2) is 0 Å². The Morgan fingerprint density at radius 3 is 1.27 bits per heavy atom. The second-order valence-electron chi connectivity index (χ2n) is 23.4. The van der Waals surface area contributed by atoms with Crippen LogP contribution in [0.25, 0.3) is 40.0 Å². The van der Waals surface area contributed by atoms with Gasteiger partial charge in [-0.15, -0.1) is 0 Å². The lowest BCUT2D eigenvalue weighted by Crippen LogP contribution is -2.30. The Balaban J connectivity index is 0.868. The van der Waals surface area contributed by atoms with Gasteiger partial charge in [0, 0.05) is 34.1 Å². The van der Waals surface area contributed by atoms with E-state index in [-0.39, 0.29) is 11.6 Å². The van der Waals surface area contributed by atoms with Crippen molar-refractivity contribution in [3.05, 3.63) is 369 Å². The van der Waals surface area contributed by atoms with Gasteiger partial charge >= 0.3 is 0 Å². The summed E-state index contributed by atoms with van der Waals surface area (Å²) < 4.78 is 31.1. The van der Waals surface area contributed by atoms with E-state index in [4.69, 9.17) is 0 Å². The number of anilines is 5. The number of nitrogens with zero attached hydrogens (tertiary/aromatic N) is 2. The van der Waals surface area contributed by atoms with Gasteiger partial charge in [0.1, 0.15) is 11.6 Å². The Bertz CT molecular complexity index is 4580. The molecule has 0 heterocycles. The highest BCUT2D eigenvalue weighted by molar-refractivity contribution is 5.92. The number of rotatable bonds is 13. The highest BCUT2D eigenvalue weighted by Gasteiger charge is 2.49. The van der Waals surface area contributed by atoms with Gasteiger partial charge in [0.2, 0.25) is 0 Å². The molecular weight excluding hydrogens is 1050 g/mol. The van der Waals surface area contributed by atoms with E-state index in [0.717, 1.165) is 62.8 Å². The van der Waals surface area contributed by atoms with Crippen LogP contribution in [0.1, 0.15) is 96.3 Å². The highest BCUT2D eigenvalue weighted by atomic mass is 19.1. The lowest BCUT2D eigenvalue weighted by atomic mass is 9.66. The molecule has 0 aromatic heterocycles. The molecule has 86 heavy (non-hydrogen) atoms. The molecule has 11 aromatic rings. The molecule has 2 atom stereocenters. The standard InChI is InChI=1S/C82H64F2N2/c1-7-57-27-35-61(36-28-57)81(77-47-53(3)23-25-55(77)5)75-21-11-9-19-71(75)73-45-43-69(51-79(73)81)85(67-17-13-15-63(83)49-67)65-39-31-59(32-40-65)60-33-41-66(42-34-60)86(68-18-14-16-64(84)50-68)70-44-46-74-72-20-10-12-22-76(72)82(80(74)52-70,62-37-29-58(8-2)30-38-62)78-48-54(4)24-26-56(78)6/h7-33,35-41,43-52H,1-2,34,42H2,3-6H3. The fourth-order valence-corrected chi connectivity index (χ4v) is 14.4. The third kappa shape index (κ3) is 8.73. The Labute approximate surface area is 504 Å². The Morgan fingerprint density at radius 2 is 0.802 bits per heavy atom. The predicted octanol–water partition coefficient (Wildman–Crippen LogP) is 21.6. The van der Waals surface area contributed by atoms with Crippen molar-refractivity contribution in [2.24, 2.45) is 0 Å². The predicted molar refractivity (Wildman–Crippen MR) is 355 cm³/mol. The van der Waals surface area contributed by atoms with Gasteiger partial charge < -0.3 is 9.80 Å². The monoisotopic (exact) mass is 1110 g/mol. The number of fused-ring (bicyclic) bond motifs is 6. The van der Waals surface area contributed by atoms with Gasteiger partial charge in [-0.3, -0.25) is 0 Å². The maximum Gasteiger partial charge on any atom is 0.125 e. The summed E-state index contributed by atoms with van der Waals surface area (Å²) in [6.45, 7) is 16.9. The first kappa shape index (κ1) is 53.8. The molecule has 3 aliphatic rings. The number of halogens is 2. The van der Waals surface area contributed by atoms with E-state index in [2.05, 4.69) is 257 Å². The third-order valence-corrected chi connectivity index (χ3v) is 18.4. The maximum atomic E-state index is 15.6. The van der Waals surface area contributed by atoms with Crippen molar-refractivity contribution >= 4 is 46.2 Å².